The van der Waals surface area contributed by atoms with Gasteiger partial charge in [-0.1, -0.05) is 54.9 Å². The molecule has 3 rings (SSSR count). The van der Waals surface area contributed by atoms with E-state index in [1.54, 1.807) is 14.2 Å². The molecule has 39 heavy (non-hydrogen) atoms. The summed E-state index contributed by atoms with van der Waals surface area (Å²) in [6.07, 6.45) is 6.80. The largest absolute Gasteiger partial charge is 0.496 e. The topological polar surface area (TPSA) is 18.5 Å². The first kappa shape index (κ1) is 32.4. The van der Waals surface area contributed by atoms with Crippen molar-refractivity contribution in [2.75, 3.05) is 26.5 Å². The van der Waals surface area contributed by atoms with Crippen LogP contribution in [0.4, 0.5) is 0 Å². The molecular weight excluding hydrogens is 514 g/mol. The van der Waals surface area contributed by atoms with Crippen LogP contribution in [0.3, 0.4) is 0 Å². The molecule has 0 spiro atoms. The number of aryl methyl sites for hydroxylation is 4. The Morgan fingerprint density at radius 1 is 0.718 bits per heavy atom. The molecule has 218 valence electrons. The highest BCUT2D eigenvalue weighted by Crippen LogP contribution is 2.60. The third-order valence-electron chi connectivity index (χ3n) is 8.27. The third-order valence-corrected chi connectivity index (χ3v) is 15.4. The van der Waals surface area contributed by atoms with Crippen molar-refractivity contribution < 1.29 is 9.47 Å². The first-order valence-corrected chi connectivity index (χ1v) is 18.1. The normalized spacial score (nSPS) is 19.2. The van der Waals surface area contributed by atoms with Gasteiger partial charge in [-0.3, -0.25) is 0 Å². The van der Waals surface area contributed by atoms with E-state index >= 15 is 0 Å². The molecule has 0 heterocycles. The van der Waals surface area contributed by atoms with Gasteiger partial charge < -0.3 is 9.47 Å². The number of hydrogen-bond donors (Lipinski definition) is 0. The zero-order chi connectivity index (χ0) is 29.3. The van der Waals surface area contributed by atoms with E-state index in [1.165, 1.54) is 64.4 Å². The summed E-state index contributed by atoms with van der Waals surface area (Å²) in [7, 11) is 3.02. The van der Waals surface area contributed by atoms with Crippen LogP contribution in [0.15, 0.2) is 24.3 Å². The van der Waals surface area contributed by atoms with Gasteiger partial charge in [0.05, 0.1) is 14.2 Å². The van der Waals surface area contributed by atoms with Crippen molar-refractivity contribution >= 4 is 26.5 Å². The fraction of sp³-hybridized carbons (Fsp3) is 0.657. The summed E-state index contributed by atoms with van der Waals surface area (Å²) in [4.78, 5) is 0. The summed E-state index contributed by atoms with van der Waals surface area (Å²) in [5.74, 6) is 2.84. The molecule has 1 aliphatic carbocycles. The van der Waals surface area contributed by atoms with Gasteiger partial charge in [-0.15, -0.1) is 7.92 Å². The van der Waals surface area contributed by atoms with Gasteiger partial charge in [-0.25, -0.2) is 0 Å². The van der Waals surface area contributed by atoms with Crippen molar-refractivity contribution in [3.05, 3.63) is 46.5 Å². The van der Waals surface area contributed by atoms with Crippen LogP contribution in [0.25, 0.3) is 0 Å². The van der Waals surface area contributed by atoms with E-state index < -0.39 is 7.92 Å². The molecule has 0 bridgehead atoms. The lowest BCUT2D eigenvalue weighted by Gasteiger charge is -2.41. The van der Waals surface area contributed by atoms with Crippen LogP contribution in [0.5, 0.6) is 11.5 Å². The minimum absolute atomic E-state index is 0.0683. The molecule has 0 aromatic heterocycles. The molecule has 0 saturated heterocycles. The van der Waals surface area contributed by atoms with Crippen LogP contribution in [0, 0.1) is 44.4 Å². The highest BCUT2D eigenvalue weighted by atomic mass is 31.1. The molecule has 0 N–H and O–H groups in total. The summed E-state index contributed by atoms with van der Waals surface area (Å²) >= 11 is 0. The molecule has 0 aliphatic heterocycles. The van der Waals surface area contributed by atoms with Gasteiger partial charge in [0.2, 0.25) is 0 Å². The van der Waals surface area contributed by atoms with Gasteiger partial charge in [0.15, 0.2) is 0 Å². The lowest BCUT2D eigenvalue weighted by Crippen LogP contribution is -2.33. The van der Waals surface area contributed by atoms with Crippen molar-refractivity contribution in [2.45, 2.75) is 107 Å². The molecular formula is C35H56O2P2. The molecule has 2 unspecified atom stereocenters. The van der Waals surface area contributed by atoms with Crippen molar-refractivity contribution in [1.82, 2.24) is 0 Å². The first-order valence-electron chi connectivity index (χ1n) is 14.9. The average molecular weight is 571 g/mol. The maximum Gasteiger partial charge on any atom is 0.124 e. The Balaban J connectivity index is 2.14. The van der Waals surface area contributed by atoms with Crippen molar-refractivity contribution in [2.24, 2.45) is 16.7 Å². The molecule has 1 fully saturated rings. The lowest BCUT2D eigenvalue weighted by atomic mass is 10.00. The number of ether oxygens (including phenoxy) is 2. The summed E-state index contributed by atoms with van der Waals surface area (Å²) in [6, 6.07) is 9.78. The minimum Gasteiger partial charge on any atom is -0.496 e. The lowest BCUT2D eigenvalue weighted by molar-refractivity contribution is 0.408. The summed E-state index contributed by atoms with van der Waals surface area (Å²) in [5, 5.41) is 3.04. The van der Waals surface area contributed by atoms with Crippen molar-refractivity contribution in [3.63, 3.8) is 0 Å². The van der Waals surface area contributed by atoms with E-state index in [0.717, 1.165) is 23.1 Å². The highest BCUT2D eigenvalue weighted by Gasteiger charge is 2.42. The fourth-order valence-corrected chi connectivity index (χ4v) is 14.8. The van der Waals surface area contributed by atoms with Gasteiger partial charge in [-0.05, 0) is 146 Å². The van der Waals surface area contributed by atoms with Gasteiger partial charge in [0.25, 0.3) is 0 Å². The number of hydrogen-bond acceptors (Lipinski definition) is 2. The minimum atomic E-state index is -0.515. The first-order chi connectivity index (χ1) is 18.1. The molecule has 2 nitrogen and oxygen atoms in total. The Labute approximate surface area is 243 Å². The van der Waals surface area contributed by atoms with Gasteiger partial charge in [-0.2, -0.15) is 0 Å². The average Bonchev–Trinajstić information content (AvgIpc) is 3.25. The van der Waals surface area contributed by atoms with Crippen molar-refractivity contribution in [1.29, 1.82) is 0 Å². The highest BCUT2D eigenvalue weighted by molar-refractivity contribution is 7.73. The second-order valence-electron chi connectivity index (χ2n) is 14.5. The van der Waals surface area contributed by atoms with Crippen molar-refractivity contribution in [3.8, 4) is 11.5 Å². The molecule has 4 heteroatoms. The van der Waals surface area contributed by atoms with Gasteiger partial charge in [0.1, 0.15) is 11.5 Å². The van der Waals surface area contributed by atoms with Crippen LogP contribution < -0.4 is 20.1 Å². The predicted molar refractivity (Wildman–Crippen MR) is 177 cm³/mol. The molecule has 0 radical (unpaired) electrons. The summed E-state index contributed by atoms with van der Waals surface area (Å²) < 4.78 is 11.6. The standard InChI is InChI=1S/C35H56O2P2/c1-23-17-28(18-24(2)32(23)36-12)39(29-19-25(3)33(37-13)26(4)20-29)31-16-14-15-30(31)27(5)38(21-34(6,7)8)22-35(9,10)11/h17-20,27,30-31H,14-16,21-22H2,1-13H3/t27-,30?,31?/m1/s1. The van der Waals surface area contributed by atoms with Gasteiger partial charge >= 0.3 is 0 Å². The molecule has 1 saturated carbocycles. The second-order valence-corrected chi connectivity index (χ2v) is 19.6. The van der Waals surface area contributed by atoms with E-state index in [1.807, 2.05) is 0 Å². The summed E-state index contributed by atoms with van der Waals surface area (Å²) in [6.45, 7) is 26.2. The Kier molecular flexibility index (Phi) is 10.7. The van der Waals surface area contributed by atoms with Crippen LogP contribution in [-0.2, 0) is 0 Å². The zero-order valence-electron chi connectivity index (χ0n) is 27.3. The summed E-state index contributed by atoms with van der Waals surface area (Å²) in [5.41, 5.74) is 7.26. The second kappa shape index (κ2) is 12.8. The van der Waals surface area contributed by atoms with E-state index in [-0.39, 0.29) is 7.92 Å². The maximum atomic E-state index is 5.79. The zero-order valence-corrected chi connectivity index (χ0v) is 29.1. The molecule has 2 aromatic carbocycles. The Morgan fingerprint density at radius 2 is 1.10 bits per heavy atom. The van der Waals surface area contributed by atoms with E-state index in [4.69, 9.17) is 9.47 Å². The molecule has 2 aromatic rings. The van der Waals surface area contributed by atoms with E-state index in [2.05, 4.69) is 100 Å². The molecule has 1 aliphatic rings. The Morgan fingerprint density at radius 3 is 1.44 bits per heavy atom. The maximum absolute atomic E-state index is 5.79. The third kappa shape index (κ3) is 8.01. The number of rotatable bonds is 9. The molecule has 0 amide bonds. The Hall–Kier alpha value is -1.10. The van der Waals surface area contributed by atoms with Gasteiger partial charge in [0, 0.05) is 0 Å². The monoisotopic (exact) mass is 570 g/mol. The van der Waals surface area contributed by atoms with Crippen LogP contribution >= 0.6 is 15.8 Å². The quantitative estimate of drug-likeness (QED) is 0.280. The number of benzene rings is 2. The van der Waals surface area contributed by atoms with Crippen LogP contribution in [0.1, 0.15) is 90.0 Å². The fourth-order valence-electron chi connectivity index (χ4n) is 6.99. The van der Waals surface area contributed by atoms with E-state index in [9.17, 15) is 0 Å². The smallest absolute Gasteiger partial charge is 0.124 e. The number of methoxy groups -OCH3 is 2. The van der Waals surface area contributed by atoms with Crippen LogP contribution in [-0.4, -0.2) is 37.9 Å². The predicted octanol–water partition coefficient (Wildman–Crippen LogP) is 9.50. The SMILES string of the molecule is COc1c(C)cc(P(c2cc(C)c(OC)c(C)c2)C2CCCC2[C@@H](C)P(CC(C)(C)C)CC(C)(C)C)cc1C. The Bertz CT molecular complexity index is 1000. The van der Waals surface area contributed by atoms with Crippen LogP contribution in [0.2, 0.25) is 0 Å². The van der Waals surface area contributed by atoms with E-state index in [0.29, 0.717) is 16.5 Å². The molecule has 3 atom stereocenters.